The number of amides is 2. The van der Waals surface area contributed by atoms with Crippen LogP contribution in [-0.2, 0) is 11.3 Å². The smallest absolute Gasteiger partial charge is 0.322 e. The fraction of sp³-hybridized carbons (Fsp3) is 0.562. The highest BCUT2D eigenvalue weighted by atomic mass is 16.5. The number of carbonyl (C=O) groups is 1. The molecule has 1 heterocycles. The molecule has 5 nitrogen and oxygen atoms in total. The van der Waals surface area contributed by atoms with E-state index in [9.17, 15) is 4.79 Å². The standard InChI is InChI=1S/C16H25N3O2/c1-15(2)10-19(11-16(3,4)21-15)14(20)18-13-7-5-6-12(8-13)9-17/h5-8H,9-11,17H2,1-4H3,(H,18,20). The van der Waals surface area contributed by atoms with E-state index in [-0.39, 0.29) is 17.2 Å². The molecule has 2 amide bonds. The van der Waals surface area contributed by atoms with Crippen molar-refractivity contribution in [3.8, 4) is 0 Å². The third kappa shape index (κ3) is 4.19. The second-order valence-corrected chi connectivity index (χ2v) is 6.81. The van der Waals surface area contributed by atoms with Gasteiger partial charge in [-0.1, -0.05) is 12.1 Å². The molecular weight excluding hydrogens is 266 g/mol. The molecule has 0 radical (unpaired) electrons. The van der Waals surface area contributed by atoms with Gasteiger partial charge in [0, 0.05) is 12.2 Å². The van der Waals surface area contributed by atoms with Gasteiger partial charge >= 0.3 is 6.03 Å². The van der Waals surface area contributed by atoms with Crippen molar-refractivity contribution in [2.45, 2.75) is 45.4 Å². The van der Waals surface area contributed by atoms with Crippen molar-refractivity contribution < 1.29 is 9.53 Å². The first-order valence-corrected chi connectivity index (χ1v) is 7.26. The van der Waals surface area contributed by atoms with Crippen molar-refractivity contribution in [2.24, 2.45) is 5.73 Å². The second-order valence-electron chi connectivity index (χ2n) is 6.81. The third-order valence-corrected chi connectivity index (χ3v) is 3.40. The van der Waals surface area contributed by atoms with Crippen LogP contribution in [0.2, 0.25) is 0 Å². The molecule has 1 aliphatic heterocycles. The molecule has 1 aromatic rings. The van der Waals surface area contributed by atoms with E-state index in [1.807, 2.05) is 52.0 Å². The molecule has 116 valence electrons. The van der Waals surface area contributed by atoms with E-state index in [1.165, 1.54) is 0 Å². The zero-order valence-electron chi connectivity index (χ0n) is 13.3. The third-order valence-electron chi connectivity index (χ3n) is 3.40. The van der Waals surface area contributed by atoms with Gasteiger partial charge in [-0.05, 0) is 45.4 Å². The first-order valence-electron chi connectivity index (χ1n) is 7.26. The number of nitrogens with zero attached hydrogens (tertiary/aromatic N) is 1. The SMILES string of the molecule is CC1(C)CN(C(=O)Nc2cccc(CN)c2)CC(C)(C)O1. The molecule has 3 N–H and O–H groups in total. The molecule has 0 bridgehead atoms. The average Bonchev–Trinajstić information content (AvgIpc) is 2.35. The largest absolute Gasteiger partial charge is 0.366 e. The summed E-state index contributed by atoms with van der Waals surface area (Å²) in [4.78, 5) is 14.3. The number of ether oxygens (including phenoxy) is 1. The molecule has 0 spiro atoms. The number of urea groups is 1. The number of benzene rings is 1. The van der Waals surface area contributed by atoms with Crippen LogP contribution >= 0.6 is 0 Å². The summed E-state index contributed by atoms with van der Waals surface area (Å²) in [5.74, 6) is 0. The fourth-order valence-corrected chi connectivity index (χ4v) is 2.91. The van der Waals surface area contributed by atoms with E-state index in [2.05, 4.69) is 5.32 Å². The molecule has 0 aromatic heterocycles. The lowest BCUT2D eigenvalue weighted by molar-refractivity contribution is -0.169. The van der Waals surface area contributed by atoms with Crippen LogP contribution in [0.5, 0.6) is 0 Å². The summed E-state index contributed by atoms with van der Waals surface area (Å²) >= 11 is 0. The first kappa shape index (κ1) is 15.8. The van der Waals surface area contributed by atoms with E-state index in [0.29, 0.717) is 19.6 Å². The van der Waals surface area contributed by atoms with Crippen LogP contribution in [0, 0.1) is 0 Å². The highest BCUT2D eigenvalue weighted by Crippen LogP contribution is 2.28. The maximum absolute atomic E-state index is 12.5. The Morgan fingerprint density at radius 1 is 1.29 bits per heavy atom. The van der Waals surface area contributed by atoms with Crippen LogP contribution in [0.1, 0.15) is 33.3 Å². The van der Waals surface area contributed by atoms with Crippen LogP contribution in [0.25, 0.3) is 0 Å². The Balaban J connectivity index is 2.09. The Labute approximate surface area is 126 Å². The number of hydrogen-bond donors (Lipinski definition) is 2. The molecule has 1 fully saturated rings. The van der Waals surface area contributed by atoms with Crippen molar-refractivity contribution in [3.63, 3.8) is 0 Å². The van der Waals surface area contributed by atoms with Crippen LogP contribution in [0.3, 0.4) is 0 Å². The van der Waals surface area contributed by atoms with Crippen LogP contribution < -0.4 is 11.1 Å². The maximum atomic E-state index is 12.5. The van der Waals surface area contributed by atoms with Gasteiger partial charge in [0.25, 0.3) is 0 Å². The molecule has 1 aliphatic rings. The van der Waals surface area contributed by atoms with Gasteiger partial charge in [0.1, 0.15) is 0 Å². The Bertz CT molecular complexity index is 510. The Hall–Kier alpha value is -1.59. The molecule has 0 aliphatic carbocycles. The Morgan fingerprint density at radius 3 is 2.48 bits per heavy atom. The molecule has 21 heavy (non-hydrogen) atoms. The first-order chi connectivity index (χ1) is 9.71. The molecule has 1 saturated heterocycles. The van der Waals surface area contributed by atoms with Gasteiger partial charge in [-0.2, -0.15) is 0 Å². The summed E-state index contributed by atoms with van der Waals surface area (Å²) in [6.45, 7) is 9.61. The zero-order chi connectivity index (χ0) is 15.7. The maximum Gasteiger partial charge on any atom is 0.322 e. The van der Waals surface area contributed by atoms with Gasteiger partial charge in [-0.3, -0.25) is 0 Å². The van der Waals surface area contributed by atoms with E-state index in [4.69, 9.17) is 10.5 Å². The lowest BCUT2D eigenvalue weighted by atomic mass is 9.99. The molecule has 0 atom stereocenters. The van der Waals surface area contributed by atoms with E-state index >= 15 is 0 Å². The lowest BCUT2D eigenvalue weighted by Crippen LogP contribution is -2.59. The molecule has 0 unspecified atom stereocenters. The minimum Gasteiger partial charge on any atom is -0.366 e. The monoisotopic (exact) mass is 291 g/mol. The van der Waals surface area contributed by atoms with E-state index in [1.54, 1.807) is 4.90 Å². The van der Waals surface area contributed by atoms with Gasteiger partial charge in [0.05, 0.1) is 24.3 Å². The fourth-order valence-electron chi connectivity index (χ4n) is 2.91. The number of anilines is 1. The van der Waals surface area contributed by atoms with Gasteiger partial charge < -0.3 is 20.7 Å². The summed E-state index contributed by atoms with van der Waals surface area (Å²) in [6.07, 6.45) is 0. The number of morpholine rings is 1. The van der Waals surface area contributed by atoms with Gasteiger partial charge in [0.15, 0.2) is 0 Å². The molecule has 0 saturated carbocycles. The highest BCUT2D eigenvalue weighted by molar-refractivity contribution is 5.89. The van der Waals surface area contributed by atoms with Crippen molar-refractivity contribution in [3.05, 3.63) is 29.8 Å². The summed E-state index contributed by atoms with van der Waals surface area (Å²) < 4.78 is 5.99. The molecule has 2 rings (SSSR count). The average molecular weight is 291 g/mol. The van der Waals surface area contributed by atoms with E-state index in [0.717, 1.165) is 11.3 Å². The Morgan fingerprint density at radius 2 is 1.90 bits per heavy atom. The number of carbonyl (C=O) groups excluding carboxylic acids is 1. The minimum atomic E-state index is -0.349. The van der Waals surface area contributed by atoms with Crippen molar-refractivity contribution in [1.29, 1.82) is 0 Å². The minimum absolute atomic E-state index is 0.103. The lowest BCUT2D eigenvalue weighted by Gasteiger charge is -2.46. The number of rotatable bonds is 2. The number of hydrogen-bond acceptors (Lipinski definition) is 3. The molecule has 5 heteroatoms. The van der Waals surface area contributed by atoms with Gasteiger partial charge in [-0.15, -0.1) is 0 Å². The van der Waals surface area contributed by atoms with Crippen LogP contribution in [0.4, 0.5) is 10.5 Å². The predicted molar refractivity (Wildman–Crippen MR) is 84.2 cm³/mol. The van der Waals surface area contributed by atoms with E-state index < -0.39 is 0 Å². The zero-order valence-corrected chi connectivity index (χ0v) is 13.3. The molecular formula is C16H25N3O2. The summed E-state index contributed by atoms with van der Waals surface area (Å²) in [7, 11) is 0. The normalized spacial score (nSPS) is 20.1. The van der Waals surface area contributed by atoms with Crippen molar-refractivity contribution in [1.82, 2.24) is 4.90 Å². The Kier molecular flexibility index (Phi) is 4.25. The summed E-state index contributed by atoms with van der Waals surface area (Å²) in [5.41, 5.74) is 6.69. The van der Waals surface area contributed by atoms with Crippen molar-refractivity contribution >= 4 is 11.7 Å². The predicted octanol–water partition coefficient (Wildman–Crippen LogP) is 2.57. The second kappa shape index (κ2) is 5.66. The number of nitrogens with two attached hydrogens (primary N) is 1. The topological polar surface area (TPSA) is 67.6 Å². The quantitative estimate of drug-likeness (QED) is 0.880. The molecule has 1 aromatic carbocycles. The van der Waals surface area contributed by atoms with Crippen molar-refractivity contribution in [2.75, 3.05) is 18.4 Å². The summed E-state index contributed by atoms with van der Waals surface area (Å²) in [5, 5.41) is 2.94. The van der Waals surface area contributed by atoms with Gasteiger partial charge in [-0.25, -0.2) is 4.79 Å². The summed E-state index contributed by atoms with van der Waals surface area (Å²) in [6, 6.07) is 7.50. The highest BCUT2D eigenvalue weighted by Gasteiger charge is 2.39. The van der Waals surface area contributed by atoms with Gasteiger partial charge in [0.2, 0.25) is 0 Å². The van der Waals surface area contributed by atoms with Crippen LogP contribution in [-0.4, -0.2) is 35.2 Å². The number of nitrogens with one attached hydrogen (secondary N) is 1. The van der Waals surface area contributed by atoms with Crippen LogP contribution in [0.15, 0.2) is 24.3 Å².